The summed E-state index contributed by atoms with van der Waals surface area (Å²) in [4.78, 5) is 18.6. The Morgan fingerprint density at radius 1 is 1.36 bits per heavy atom. The predicted molar refractivity (Wildman–Crippen MR) is 139 cm³/mol. The Bertz CT molecular complexity index is 1210. The van der Waals surface area contributed by atoms with E-state index in [4.69, 9.17) is 4.74 Å². The van der Waals surface area contributed by atoms with Crippen LogP contribution in [0.5, 0.6) is 5.75 Å². The molecule has 5 nitrogen and oxygen atoms in total. The smallest absolute Gasteiger partial charge is 0.235 e. The van der Waals surface area contributed by atoms with Gasteiger partial charge in [0.15, 0.2) is 4.34 Å². The summed E-state index contributed by atoms with van der Waals surface area (Å²) in [7, 11) is 0. The van der Waals surface area contributed by atoms with E-state index in [9.17, 15) is 10.1 Å². The van der Waals surface area contributed by atoms with Gasteiger partial charge < -0.3 is 10.1 Å². The van der Waals surface area contributed by atoms with Crippen molar-refractivity contribution >= 4 is 55.6 Å². The number of rotatable bonds is 8. The fourth-order valence-corrected chi connectivity index (χ4v) is 7.43. The van der Waals surface area contributed by atoms with E-state index in [0.717, 1.165) is 51.6 Å². The van der Waals surface area contributed by atoms with E-state index in [1.54, 1.807) is 22.7 Å². The molecular formula is C25H29N3O2S3. The number of ether oxygens (including phenoxy) is 1. The highest BCUT2D eigenvalue weighted by Gasteiger charge is 2.34. The topological polar surface area (TPSA) is 75.0 Å². The molecule has 0 spiro atoms. The molecule has 0 fully saturated rings. The number of carbonyl (C=O) groups excluding carboxylic acids is 1. The second-order valence-electron chi connectivity index (χ2n) is 8.98. The number of benzene rings is 1. The third-order valence-electron chi connectivity index (χ3n) is 6.62. The van der Waals surface area contributed by atoms with Crippen molar-refractivity contribution in [1.29, 1.82) is 5.26 Å². The molecule has 1 aliphatic rings. The molecule has 33 heavy (non-hydrogen) atoms. The average molecular weight is 500 g/mol. The fraction of sp³-hybridized carbons (Fsp3) is 0.480. The highest BCUT2D eigenvalue weighted by molar-refractivity contribution is 8.01. The van der Waals surface area contributed by atoms with Crippen LogP contribution in [0.4, 0.5) is 5.00 Å². The van der Waals surface area contributed by atoms with Gasteiger partial charge in [-0.25, -0.2) is 4.98 Å². The molecule has 1 atom stereocenters. The molecule has 1 aliphatic carbocycles. The van der Waals surface area contributed by atoms with Crippen LogP contribution < -0.4 is 10.1 Å². The first-order chi connectivity index (χ1) is 15.8. The number of amides is 1. The number of hydrogen-bond donors (Lipinski definition) is 1. The van der Waals surface area contributed by atoms with Gasteiger partial charge in [-0.3, -0.25) is 4.79 Å². The van der Waals surface area contributed by atoms with Crippen molar-refractivity contribution in [3.8, 4) is 11.8 Å². The van der Waals surface area contributed by atoms with Gasteiger partial charge in [0.05, 0.1) is 28.1 Å². The monoisotopic (exact) mass is 499 g/mol. The highest BCUT2D eigenvalue weighted by Crippen LogP contribution is 2.45. The number of aromatic nitrogens is 1. The van der Waals surface area contributed by atoms with Gasteiger partial charge in [-0.1, -0.05) is 39.0 Å². The lowest BCUT2D eigenvalue weighted by atomic mass is 9.69. The van der Waals surface area contributed by atoms with Crippen molar-refractivity contribution in [2.45, 2.75) is 57.7 Å². The Morgan fingerprint density at radius 3 is 2.91 bits per heavy atom. The minimum atomic E-state index is -0.102. The molecule has 1 aromatic carbocycles. The Hall–Kier alpha value is -2.08. The number of thiazole rings is 1. The summed E-state index contributed by atoms with van der Waals surface area (Å²) in [6.45, 7) is 9.50. The second-order valence-corrected chi connectivity index (χ2v) is 12.3. The van der Waals surface area contributed by atoms with Crippen LogP contribution in [0.3, 0.4) is 0 Å². The molecule has 1 amide bonds. The van der Waals surface area contributed by atoms with Crippen molar-refractivity contribution in [2.75, 3.05) is 17.7 Å². The molecule has 0 bridgehead atoms. The zero-order chi connectivity index (χ0) is 23.6. The summed E-state index contributed by atoms with van der Waals surface area (Å²) >= 11 is 4.57. The largest absolute Gasteiger partial charge is 0.494 e. The number of fused-ring (bicyclic) bond motifs is 2. The van der Waals surface area contributed by atoms with E-state index >= 15 is 0 Å². The summed E-state index contributed by atoms with van der Waals surface area (Å²) in [5.74, 6) is 1.60. The van der Waals surface area contributed by atoms with Gasteiger partial charge in [0.1, 0.15) is 16.8 Å². The number of thiophene rings is 1. The zero-order valence-electron chi connectivity index (χ0n) is 19.5. The van der Waals surface area contributed by atoms with Crippen LogP contribution in [-0.2, 0) is 17.6 Å². The quantitative estimate of drug-likeness (QED) is 0.341. The van der Waals surface area contributed by atoms with Gasteiger partial charge in [-0.2, -0.15) is 5.26 Å². The van der Waals surface area contributed by atoms with Crippen LogP contribution in [0.15, 0.2) is 22.5 Å². The third-order valence-corrected chi connectivity index (χ3v) is 9.96. The van der Waals surface area contributed by atoms with Crippen molar-refractivity contribution in [3.05, 3.63) is 34.2 Å². The molecule has 4 rings (SSSR count). The van der Waals surface area contributed by atoms with Crippen molar-refractivity contribution in [2.24, 2.45) is 11.3 Å². The zero-order valence-corrected chi connectivity index (χ0v) is 21.9. The maximum Gasteiger partial charge on any atom is 0.235 e. The fourth-order valence-electron chi connectivity index (χ4n) is 4.24. The first-order valence-electron chi connectivity index (χ1n) is 11.3. The van der Waals surface area contributed by atoms with Crippen LogP contribution in [0.2, 0.25) is 0 Å². The number of nitrogens with one attached hydrogen (secondary N) is 1. The van der Waals surface area contributed by atoms with Crippen molar-refractivity contribution < 1.29 is 9.53 Å². The Morgan fingerprint density at radius 2 is 2.18 bits per heavy atom. The van der Waals surface area contributed by atoms with Gasteiger partial charge in [-0.15, -0.1) is 22.7 Å². The van der Waals surface area contributed by atoms with Crippen LogP contribution in [0.25, 0.3) is 10.2 Å². The lowest BCUT2D eigenvalue weighted by molar-refractivity contribution is -0.113. The number of nitriles is 1. The Balaban J connectivity index is 1.42. The lowest BCUT2D eigenvalue weighted by Crippen LogP contribution is -2.28. The second kappa shape index (κ2) is 10.0. The number of thioether (sulfide) groups is 1. The molecule has 0 saturated heterocycles. The maximum atomic E-state index is 12.7. The number of anilines is 1. The summed E-state index contributed by atoms with van der Waals surface area (Å²) in [6, 6.07) is 8.21. The molecule has 0 aliphatic heterocycles. The maximum absolute atomic E-state index is 12.7. The highest BCUT2D eigenvalue weighted by atomic mass is 32.2. The standard InChI is InChI=1S/C25H29N3O2S3/c1-5-25(3,4)15-7-9-17-18(13-26)23(32-20(17)11-15)28-22(29)14-31-24-27-19-10-8-16(30-6-2)12-21(19)33-24/h8,10,12,15H,5-7,9,11,14H2,1-4H3,(H,28,29). The van der Waals surface area contributed by atoms with Gasteiger partial charge in [0.2, 0.25) is 5.91 Å². The van der Waals surface area contributed by atoms with Crippen LogP contribution >= 0.6 is 34.4 Å². The predicted octanol–water partition coefficient (Wildman–Crippen LogP) is 6.90. The number of nitrogens with zero attached hydrogens (tertiary/aromatic N) is 2. The van der Waals surface area contributed by atoms with E-state index in [2.05, 4.69) is 37.1 Å². The van der Waals surface area contributed by atoms with Gasteiger partial charge in [0.25, 0.3) is 0 Å². The minimum absolute atomic E-state index is 0.102. The molecule has 2 heterocycles. The Kier molecular flexibility index (Phi) is 7.32. The first kappa shape index (κ1) is 24.1. The normalized spacial score (nSPS) is 15.8. The van der Waals surface area contributed by atoms with Crippen LogP contribution in [-0.4, -0.2) is 23.3 Å². The average Bonchev–Trinajstić information content (AvgIpc) is 3.37. The van der Waals surface area contributed by atoms with E-state index in [-0.39, 0.29) is 17.1 Å². The molecule has 8 heteroatoms. The number of hydrogen-bond acceptors (Lipinski definition) is 7. The van der Waals surface area contributed by atoms with E-state index in [0.29, 0.717) is 23.1 Å². The summed E-state index contributed by atoms with van der Waals surface area (Å²) in [5, 5.41) is 13.5. The van der Waals surface area contributed by atoms with Gasteiger partial charge in [-0.05, 0) is 61.3 Å². The summed E-state index contributed by atoms with van der Waals surface area (Å²) < 4.78 is 7.46. The van der Waals surface area contributed by atoms with Gasteiger partial charge >= 0.3 is 0 Å². The van der Waals surface area contributed by atoms with Crippen LogP contribution in [0.1, 0.15) is 56.5 Å². The van der Waals surface area contributed by atoms with E-state index in [1.165, 1.54) is 16.6 Å². The lowest BCUT2D eigenvalue weighted by Gasteiger charge is -2.36. The van der Waals surface area contributed by atoms with Gasteiger partial charge in [0, 0.05) is 4.88 Å². The summed E-state index contributed by atoms with van der Waals surface area (Å²) in [5.41, 5.74) is 3.00. The molecule has 3 aromatic rings. The molecule has 1 N–H and O–H groups in total. The molecule has 2 aromatic heterocycles. The SMILES string of the molecule is CCOc1ccc2nc(SCC(=O)Nc3sc4c(c3C#N)CCC(C(C)(C)CC)C4)sc2c1. The van der Waals surface area contributed by atoms with E-state index in [1.807, 2.05) is 25.1 Å². The molecule has 174 valence electrons. The molecule has 1 unspecified atom stereocenters. The number of carbonyl (C=O) groups is 1. The molecular weight excluding hydrogens is 470 g/mol. The van der Waals surface area contributed by atoms with E-state index < -0.39 is 0 Å². The van der Waals surface area contributed by atoms with Crippen molar-refractivity contribution in [3.63, 3.8) is 0 Å². The molecule has 0 radical (unpaired) electrons. The third kappa shape index (κ3) is 5.21. The summed E-state index contributed by atoms with van der Waals surface area (Å²) in [6.07, 6.45) is 4.16. The van der Waals surface area contributed by atoms with Crippen molar-refractivity contribution in [1.82, 2.24) is 4.98 Å². The van der Waals surface area contributed by atoms with Crippen LogP contribution in [0, 0.1) is 22.7 Å². The minimum Gasteiger partial charge on any atom is -0.494 e. The molecule has 0 saturated carbocycles. The first-order valence-corrected chi connectivity index (χ1v) is 14.0. The Labute approximate surface area is 207 Å².